The lowest BCUT2D eigenvalue weighted by Crippen LogP contribution is -2.19. The second-order valence-electron chi connectivity index (χ2n) is 6.13. The summed E-state index contributed by atoms with van der Waals surface area (Å²) in [6, 6.07) is 18.5. The number of nitrogens with one attached hydrogen (secondary N) is 2. The average molecular weight is 356 g/mol. The van der Waals surface area contributed by atoms with Gasteiger partial charge < -0.3 is 5.32 Å². The van der Waals surface area contributed by atoms with Gasteiger partial charge in [0.1, 0.15) is 0 Å². The fourth-order valence-electron chi connectivity index (χ4n) is 2.92. The average Bonchev–Trinajstić information content (AvgIpc) is 2.71. The van der Waals surface area contributed by atoms with Crippen molar-refractivity contribution in [3.05, 3.63) is 100 Å². The number of nitrogens with zero attached hydrogens (tertiary/aromatic N) is 2. The van der Waals surface area contributed by atoms with Gasteiger partial charge in [-0.2, -0.15) is 5.10 Å². The number of benzene rings is 2. The summed E-state index contributed by atoms with van der Waals surface area (Å²) in [5.41, 5.74) is 2.83. The number of pyridine rings is 1. The summed E-state index contributed by atoms with van der Waals surface area (Å²) in [7, 11) is 0. The second kappa shape index (κ2) is 7.21. The lowest BCUT2D eigenvalue weighted by atomic mass is 10.1. The van der Waals surface area contributed by atoms with Gasteiger partial charge in [0.05, 0.1) is 5.39 Å². The van der Waals surface area contributed by atoms with Crippen LogP contribution in [-0.4, -0.2) is 21.1 Å². The van der Waals surface area contributed by atoms with Crippen LogP contribution in [0.1, 0.15) is 21.6 Å². The molecule has 0 saturated heterocycles. The minimum atomic E-state index is -0.371. The van der Waals surface area contributed by atoms with E-state index >= 15 is 0 Å². The Kier molecular flexibility index (Phi) is 4.45. The number of hydrogen-bond donors (Lipinski definition) is 2. The molecule has 4 rings (SSSR count). The number of carbonyl (C=O) groups is 1. The zero-order valence-electron chi connectivity index (χ0n) is 14.3. The van der Waals surface area contributed by atoms with Crippen LogP contribution in [-0.2, 0) is 6.42 Å². The highest BCUT2D eigenvalue weighted by Gasteiger charge is 2.14. The number of rotatable bonds is 4. The van der Waals surface area contributed by atoms with Gasteiger partial charge in [-0.05, 0) is 47.9 Å². The monoisotopic (exact) mass is 356 g/mol. The molecule has 0 saturated carbocycles. The third-order valence-corrected chi connectivity index (χ3v) is 4.28. The zero-order valence-corrected chi connectivity index (χ0v) is 14.3. The van der Waals surface area contributed by atoms with Gasteiger partial charge in [-0.15, -0.1) is 0 Å². The number of amides is 1. The Morgan fingerprint density at radius 2 is 1.56 bits per heavy atom. The third kappa shape index (κ3) is 3.59. The van der Waals surface area contributed by atoms with E-state index in [2.05, 4.69) is 20.5 Å². The third-order valence-electron chi connectivity index (χ3n) is 4.28. The summed E-state index contributed by atoms with van der Waals surface area (Å²) in [6.07, 6.45) is 4.33. The van der Waals surface area contributed by atoms with Crippen LogP contribution in [0.3, 0.4) is 0 Å². The van der Waals surface area contributed by atoms with Crippen LogP contribution >= 0.6 is 0 Å². The Morgan fingerprint density at radius 3 is 2.30 bits per heavy atom. The first kappa shape index (κ1) is 16.7. The van der Waals surface area contributed by atoms with Crippen LogP contribution in [0, 0.1) is 0 Å². The van der Waals surface area contributed by atoms with E-state index in [1.807, 2.05) is 36.4 Å². The number of fused-ring (bicyclic) bond motifs is 1. The minimum absolute atomic E-state index is 0.186. The maximum atomic E-state index is 12.6. The van der Waals surface area contributed by atoms with E-state index in [-0.39, 0.29) is 17.2 Å². The van der Waals surface area contributed by atoms with E-state index in [1.165, 1.54) is 5.56 Å². The number of aromatic nitrogens is 3. The summed E-state index contributed by atoms with van der Waals surface area (Å²) in [5, 5.41) is 10.1. The van der Waals surface area contributed by atoms with Crippen molar-refractivity contribution in [1.29, 1.82) is 0 Å². The lowest BCUT2D eigenvalue weighted by molar-refractivity contribution is 0.102. The molecule has 0 aliphatic heterocycles. The summed E-state index contributed by atoms with van der Waals surface area (Å²) in [4.78, 5) is 28.5. The van der Waals surface area contributed by atoms with Gasteiger partial charge in [0.25, 0.3) is 11.5 Å². The van der Waals surface area contributed by atoms with Gasteiger partial charge >= 0.3 is 0 Å². The molecule has 1 amide bonds. The molecule has 4 aromatic rings. The van der Waals surface area contributed by atoms with Crippen molar-refractivity contribution >= 4 is 22.4 Å². The predicted molar refractivity (Wildman–Crippen MR) is 104 cm³/mol. The van der Waals surface area contributed by atoms with Gasteiger partial charge in [-0.3, -0.25) is 14.6 Å². The molecule has 0 atom stereocenters. The summed E-state index contributed by atoms with van der Waals surface area (Å²) >= 11 is 0. The molecule has 2 aromatic carbocycles. The molecule has 6 heteroatoms. The maximum absolute atomic E-state index is 12.6. The van der Waals surface area contributed by atoms with Crippen molar-refractivity contribution in [2.24, 2.45) is 0 Å². The van der Waals surface area contributed by atoms with Crippen LogP contribution in [0.15, 0.2) is 77.9 Å². The molecule has 0 bridgehead atoms. The van der Waals surface area contributed by atoms with Crippen molar-refractivity contribution in [1.82, 2.24) is 15.2 Å². The Balaban J connectivity index is 1.54. The van der Waals surface area contributed by atoms with E-state index < -0.39 is 0 Å². The van der Waals surface area contributed by atoms with Gasteiger partial charge in [0.15, 0.2) is 5.69 Å². The molecule has 0 fully saturated rings. The number of carbonyl (C=O) groups excluding carboxylic acids is 1. The van der Waals surface area contributed by atoms with Crippen LogP contribution in [0.2, 0.25) is 0 Å². The molecular formula is C21H16N4O2. The highest BCUT2D eigenvalue weighted by Crippen LogP contribution is 2.16. The smallest absolute Gasteiger partial charge is 0.276 e. The summed E-state index contributed by atoms with van der Waals surface area (Å²) in [5.74, 6) is -0.371. The zero-order chi connectivity index (χ0) is 18.6. The van der Waals surface area contributed by atoms with Crippen LogP contribution in [0.25, 0.3) is 10.8 Å². The van der Waals surface area contributed by atoms with E-state index in [0.717, 1.165) is 12.0 Å². The minimum Gasteiger partial charge on any atom is -0.321 e. The van der Waals surface area contributed by atoms with Crippen LogP contribution in [0.5, 0.6) is 0 Å². The first-order valence-electron chi connectivity index (χ1n) is 8.47. The van der Waals surface area contributed by atoms with Crippen molar-refractivity contribution in [2.45, 2.75) is 6.42 Å². The number of H-pyrrole nitrogens is 1. The van der Waals surface area contributed by atoms with E-state index in [9.17, 15) is 9.59 Å². The van der Waals surface area contributed by atoms with Gasteiger partial charge in [0, 0.05) is 23.5 Å². The molecule has 0 aliphatic carbocycles. The molecule has 2 N–H and O–H groups in total. The van der Waals surface area contributed by atoms with Crippen molar-refractivity contribution in [3.8, 4) is 0 Å². The molecule has 0 spiro atoms. The Hall–Kier alpha value is -3.80. The first-order chi connectivity index (χ1) is 13.2. The SMILES string of the molecule is O=C(Nc1ccc(Cc2ccncc2)cc1)c1n[nH]c(=O)c2ccccc12. The normalized spacial score (nSPS) is 10.7. The van der Waals surface area contributed by atoms with Gasteiger partial charge in [-0.25, -0.2) is 5.10 Å². The molecule has 132 valence electrons. The van der Waals surface area contributed by atoms with Gasteiger partial charge in [-0.1, -0.05) is 30.3 Å². The Bertz CT molecular complexity index is 1150. The quantitative estimate of drug-likeness (QED) is 0.588. The topological polar surface area (TPSA) is 87.7 Å². The second-order valence-corrected chi connectivity index (χ2v) is 6.13. The van der Waals surface area contributed by atoms with Crippen molar-refractivity contribution < 1.29 is 4.79 Å². The molecular weight excluding hydrogens is 340 g/mol. The molecule has 2 heterocycles. The van der Waals surface area contributed by atoms with E-state index in [1.54, 1.807) is 36.7 Å². The number of anilines is 1. The summed E-state index contributed by atoms with van der Waals surface area (Å²) < 4.78 is 0. The maximum Gasteiger partial charge on any atom is 0.276 e. The van der Waals surface area contributed by atoms with Crippen molar-refractivity contribution in [3.63, 3.8) is 0 Å². The van der Waals surface area contributed by atoms with Crippen LogP contribution < -0.4 is 10.9 Å². The summed E-state index contributed by atoms with van der Waals surface area (Å²) in [6.45, 7) is 0. The fourth-order valence-corrected chi connectivity index (χ4v) is 2.92. The molecule has 0 unspecified atom stereocenters. The molecule has 0 radical (unpaired) electrons. The number of hydrogen-bond acceptors (Lipinski definition) is 4. The molecule has 2 aromatic heterocycles. The highest BCUT2D eigenvalue weighted by molar-refractivity contribution is 6.11. The Labute approximate surface area is 154 Å². The first-order valence-corrected chi connectivity index (χ1v) is 8.47. The van der Waals surface area contributed by atoms with E-state index in [0.29, 0.717) is 16.5 Å². The highest BCUT2D eigenvalue weighted by atomic mass is 16.2. The molecule has 27 heavy (non-hydrogen) atoms. The largest absolute Gasteiger partial charge is 0.321 e. The predicted octanol–water partition coefficient (Wildman–Crippen LogP) is 3.16. The standard InChI is InChI=1S/C21H16N4O2/c26-20-18-4-2-1-3-17(18)19(24-25-20)21(27)23-16-7-5-14(6-8-16)13-15-9-11-22-12-10-15/h1-12H,13H2,(H,23,27)(H,25,26). The van der Waals surface area contributed by atoms with Crippen LogP contribution in [0.4, 0.5) is 5.69 Å². The Morgan fingerprint density at radius 1 is 0.889 bits per heavy atom. The lowest BCUT2D eigenvalue weighted by Gasteiger charge is -2.08. The molecule has 0 aliphatic rings. The fraction of sp³-hybridized carbons (Fsp3) is 0.0476. The van der Waals surface area contributed by atoms with E-state index in [4.69, 9.17) is 0 Å². The molecule has 6 nitrogen and oxygen atoms in total. The number of aromatic amines is 1. The van der Waals surface area contributed by atoms with Gasteiger partial charge in [0.2, 0.25) is 0 Å². The van der Waals surface area contributed by atoms with Crippen molar-refractivity contribution in [2.75, 3.05) is 5.32 Å².